The van der Waals surface area contributed by atoms with Crippen LogP contribution in [0.5, 0.6) is 0 Å². The number of nitrogens with one attached hydrogen (secondary N) is 2. The molecule has 8 heteroatoms. The fourth-order valence-corrected chi connectivity index (χ4v) is 2.20. The lowest BCUT2D eigenvalue weighted by Crippen LogP contribution is -2.49. The van der Waals surface area contributed by atoms with Gasteiger partial charge in [0.05, 0.1) is 13.3 Å². The number of amides is 2. The van der Waals surface area contributed by atoms with Gasteiger partial charge in [-0.2, -0.15) is 0 Å². The first kappa shape index (κ1) is 13.5. The lowest BCUT2D eigenvalue weighted by atomic mass is 10.2. The molecule has 1 heterocycles. The van der Waals surface area contributed by atoms with Crippen molar-refractivity contribution in [1.82, 2.24) is 15.5 Å². The molecule has 1 fully saturated rings. The number of rotatable bonds is 6. The second kappa shape index (κ2) is 4.96. The standard InChI is InChI=1S/C11H19N5O3/c1-19-5-4-14-9(17)7-8(12)15-6-16(7)11(2-3-11)10(13)18/h15H,2-6,12H2,1H3,(H2,13,18)(H,14,17). The van der Waals surface area contributed by atoms with Crippen LogP contribution in [0.2, 0.25) is 0 Å². The van der Waals surface area contributed by atoms with Gasteiger partial charge in [0.15, 0.2) is 0 Å². The molecule has 6 N–H and O–H groups in total. The lowest BCUT2D eigenvalue weighted by Gasteiger charge is -2.28. The normalized spacial score (nSPS) is 20.2. The molecule has 2 aliphatic rings. The molecule has 19 heavy (non-hydrogen) atoms. The van der Waals surface area contributed by atoms with Gasteiger partial charge >= 0.3 is 0 Å². The van der Waals surface area contributed by atoms with Crippen molar-refractivity contribution in [2.24, 2.45) is 11.5 Å². The maximum absolute atomic E-state index is 12.1. The maximum atomic E-state index is 12.1. The predicted molar refractivity (Wildman–Crippen MR) is 67.1 cm³/mol. The Bertz CT molecular complexity index is 430. The molecule has 1 aliphatic carbocycles. The van der Waals surface area contributed by atoms with E-state index in [2.05, 4.69) is 10.6 Å². The number of ether oxygens (including phenoxy) is 1. The van der Waals surface area contributed by atoms with Crippen molar-refractivity contribution in [3.63, 3.8) is 0 Å². The summed E-state index contributed by atoms with van der Waals surface area (Å²) in [7, 11) is 1.55. The SMILES string of the molecule is COCCNC(=O)C1=C(N)NCN1C1(C(N)=O)CC1. The van der Waals surface area contributed by atoms with Crippen LogP contribution in [-0.2, 0) is 14.3 Å². The minimum Gasteiger partial charge on any atom is -0.384 e. The zero-order valence-electron chi connectivity index (χ0n) is 10.9. The van der Waals surface area contributed by atoms with Crippen LogP contribution in [0.4, 0.5) is 0 Å². The van der Waals surface area contributed by atoms with Crippen LogP contribution >= 0.6 is 0 Å². The van der Waals surface area contributed by atoms with E-state index in [0.717, 1.165) is 0 Å². The smallest absolute Gasteiger partial charge is 0.271 e. The highest BCUT2D eigenvalue weighted by molar-refractivity contribution is 5.96. The molecule has 0 aromatic carbocycles. The van der Waals surface area contributed by atoms with E-state index in [-0.39, 0.29) is 17.4 Å². The fraction of sp³-hybridized carbons (Fsp3) is 0.636. The van der Waals surface area contributed by atoms with Crippen molar-refractivity contribution in [1.29, 1.82) is 0 Å². The molecule has 2 amide bonds. The Morgan fingerprint density at radius 1 is 1.53 bits per heavy atom. The van der Waals surface area contributed by atoms with Gasteiger partial charge in [-0.1, -0.05) is 0 Å². The Labute approximate surface area is 111 Å². The summed E-state index contributed by atoms with van der Waals surface area (Å²) in [6, 6.07) is 0. The highest BCUT2D eigenvalue weighted by Gasteiger charge is 2.56. The maximum Gasteiger partial charge on any atom is 0.271 e. The van der Waals surface area contributed by atoms with Gasteiger partial charge in [0.25, 0.3) is 5.91 Å². The van der Waals surface area contributed by atoms with Crippen LogP contribution in [0.25, 0.3) is 0 Å². The largest absolute Gasteiger partial charge is 0.384 e. The molecule has 0 unspecified atom stereocenters. The first-order valence-electron chi connectivity index (χ1n) is 6.11. The van der Waals surface area contributed by atoms with Gasteiger partial charge in [-0.05, 0) is 12.8 Å². The number of nitrogens with two attached hydrogens (primary N) is 2. The minimum absolute atomic E-state index is 0.266. The highest BCUT2D eigenvalue weighted by atomic mass is 16.5. The van der Waals surface area contributed by atoms with Crippen LogP contribution in [0, 0.1) is 0 Å². The molecule has 1 saturated carbocycles. The van der Waals surface area contributed by atoms with Crippen molar-refractivity contribution in [3.8, 4) is 0 Å². The summed E-state index contributed by atoms with van der Waals surface area (Å²) in [5.41, 5.74) is 10.7. The molecular formula is C11H19N5O3. The Kier molecular flexibility index (Phi) is 3.52. The molecule has 0 aromatic heterocycles. The zero-order chi connectivity index (χ0) is 14.0. The number of carbonyl (C=O) groups excluding carboxylic acids is 2. The van der Waals surface area contributed by atoms with Crippen LogP contribution in [0.3, 0.4) is 0 Å². The van der Waals surface area contributed by atoms with Crippen molar-refractivity contribution in [2.45, 2.75) is 18.4 Å². The molecule has 1 aliphatic heterocycles. The Balaban J connectivity index is 2.10. The summed E-state index contributed by atoms with van der Waals surface area (Å²) in [6.45, 7) is 1.11. The Morgan fingerprint density at radius 3 is 2.74 bits per heavy atom. The van der Waals surface area contributed by atoms with E-state index in [4.69, 9.17) is 16.2 Å². The van der Waals surface area contributed by atoms with Gasteiger partial charge in [-0.25, -0.2) is 0 Å². The van der Waals surface area contributed by atoms with Crippen molar-refractivity contribution in [2.75, 3.05) is 26.9 Å². The van der Waals surface area contributed by atoms with Gasteiger partial charge in [0, 0.05) is 13.7 Å². The van der Waals surface area contributed by atoms with Gasteiger partial charge in [-0.3, -0.25) is 9.59 Å². The molecule has 0 saturated heterocycles. The number of hydrogen-bond donors (Lipinski definition) is 4. The number of carbonyl (C=O) groups is 2. The second-order valence-electron chi connectivity index (χ2n) is 4.67. The molecule has 8 nitrogen and oxygen atoms in total. The van der Waals surface area contributed by atoms with E-state index in [9.17, 15) is 9.59 Å². The number of nitrogens with zero attached hydrogens (tertiary/aromatic N) is 1. The minimum atomic E-state index is -0.762. The summed E-state index contributed by atoms with van der Waals surface area (Å²) in [5, 5.41) is 5.56. The number of primary amides is 1. The molecule has 0 bridgehead atoms. The Morgan fingerprint density at radius 2 is 2.21 bits per heavy atom. The molecule has 0 atom stereocenters. The Hall–Kier alpha value is -1.96. The molecule has 106 valence electrons. The average molecular weight is 269 g/mol. The number of hydrogen-bond acceptors (Lipinski definition) is 6. The first-order chi connectivity index (χ1) is 9.03. The van der Waals surface area contributed by atoms with Crippen LogP contribution in [0.1, 0.15) is 12.8 Å². The van der Waals surface area contributed by atoms with E-state index >= 15 is 0 Å². The monoisotopic (exact) mass is 269 g/mol. The van der Waals surface area contributed by atoms with E-state index in [0.29, 0.717) is 32.7 Å². The van der Waals surface area contributed by atoms with E-state index in [1.807, 2.05) is 0 Å². The van der Waals surface area contributed by atoms with E-state index < -0.39 is 11.4 Å². The third-order valence-electron chi connectivity index (χ3n) is 3.46. The first-order valence-corrected chi connectivity index (χ1v) is 6.11. The highest BCUT2D eigenvalue weighted by Crippen LogP contribution is 2.44. The van der Waals surface area contributed by atoms with Gasteiger partial charge in [-0.15, -0.1) is 0 Å². The second-order valence-corrected chi connectivity index (χ2v) is 4.67. The average Bonchev–Trinajstić information content (AvgIpc) is 3.08. The van der Waals surface area contributed by atoms with Crippen LogP contribution < -0.4 is 22.1 Å². The number of methoxy groups -OCH3 is 1. The molecule has 2 rings (SSSR count). The fourth-order valence-electron chi connectivity index (χ4n) is 2.20. The van der Waals surface area contributed by atoms with Crippen LogP contribution in [-0.4, -0.2) is 49.2 Å². The summed E-state index contributed by atoms with van der Waals surface area (Å²) < 4.78 is 4.86. The van der Waals surface area contributed by atoms with Gasteiger partial charge < -0.3 is 31.7 Å². The summed E-state index contributed by atoms with van der Waals surface area (Å²) in [6.07, 6.45) is 1.29. The van der Waals surface area contributed by atoms with E-state index in [1.54, 1.807) is 12.0 Å². The molecule has 0 radical (unpaired) electrons. The molecule has 0 aromatic rings. The summed E-state index contributed by atoms with van der Waals surface area (Å²) in [5.74, 6) is -0.485. The topological polar surface area (TPSA) is 123 Å². The summed E-state index contributed by atoms with van der Waals surface area (Å²) >= 11 is 0. The zero-order valence-corrected chi connectivity index (χ0v) is 10.9. The van der Waals surface area contributed by atoms with Crippen molar-refractivity contribution in [3.05, 3.63) is 11.5 Å². The third kappa shape index (κ3) is 2.30. The van der Waals surface area contributed by atoms with Crippen molar-refractivity contribution < 1.29 is 14.3 Å². The molecule has 0 spiro atoms. The quantitative estimate of drug-likeness (QED) is 0.404. The van der Waals surface area contributed by atoms with Crippen LogP contribution in [0.15, 0.2) is 11.5 Å². The molecular weight excluding hydrogens is 250 g/mol. The van der Waals surface area contributed by atoms with Crippen molar-refractivity contribution >= 4 is 11.8 Å². The third-order valence-corrected chi connectivity index (χ3v) is 3.46. The summed E-state index contributed by atoms with van der Waals surface area (Å²) in [4.78, 5) is 25.3. The lowest BCUT2D eigenvalue weighted by molar-refractivity contribution is -0.125. The van der Waals surface area contributed by atoms with Gasteiger partial charge in [0.2, 0.25) is 5.91 Å². The predicted octanol–water partition coefficient (Wildman–Crippen LogP) is -2.24. The van der Waals surface area contributed by atoms with E-state index in [1.165, 1.54) is 0 Å². The van der Waals surface area contributed by atoms with Gasteiger partial charge in [0.1, 0.15) is 17.1 Å².